The lowest BCUT2D eigenvalue weighted by Crippen LogP contribution is -2.52. The van der Waals surface area contributed by atoms with E-state index in [1.807, 2.05) is 45.0 Å². The molecular formula is C15H18N4O2. The van der Waals surface area contributed by atoms with Crippen molar-refractivity contribution in [1.29, 1.82) is 0 Å². The molecule has 3 N–H and O–H groups in total. The SMILES string of the molecule is CC(C)(C)NC(=O)N1Cc2c([nH]c3ccccc23)NC1=O. The van der Waals surface area contributed by atoms with E-state index >= 15 is 0 Å². The first kappa shape index (κ1) is 13.5. The molecule has 3 rings (SSSR count). The van der Waals surface area contributed by atoms with Gasteiger partial charge in [-0.25, -0.2) is 14.5 Å². The molecule has 0 spiro atoms. The molecule has 4 amide bonds. The molecule has 6 nitrogen and oxygen atoms in total. The van der Waals surface area contributed by atoms with Crippen LogP contribution in [0.15, 0.2) is 24.3 Å². The molecule has 6 heteroatoms. The third-order valence-electron chi connectivity index (χ3n) is 3.33. The van der Waals surface area contributed by atoms with Crippen molar-refractivity contribution >= 4 is 28.8 Å². The number of nitrogens with one attached hydrogen (secondary N) is 3. The molecule has 0 saturated heterocycles. The first-order valence-electron chi connectivity index (χ1n) is 6.85. The summed E-state index contributed by atoms with van der Waals surface area (Å²) in [5, 5.41) is 6.56. The molecule has 0 fully saturated rings. The molecule has 0 unspecified atom stereocenters. The van der Waals surface area contributed by atoms with Crippen molar-refractivity contribution in [3.63, 3.8) is 0 Å². The molecule has 0 saturated carbocycles. The number of amides is 4. The van der Waals surface area contributed by atoms with Crippen LogP contribution in [0.1, 0.15) is 26.3 Å². The number of aromatic amines is 1. The van der Waals surface area contributed by atoms with Crippen molar-refractivity contribution in [1.82, 2.24) is 15.2 Å². The summed E-state index contributed by atoms with van der Waals surface area (Å²) in [5.41, 5.74) is 1.48. The second-order valence-corrected chi connectivity index (χ2v) is 6.22. The van der Waals surface area contributed by atoms with Gasteiger partial charge in [-0.05, 0) is 26.8 Å². The lowest BCUT2D eigenvalue weighted by molar-refractivity contribution is 0.184. The highest BCUT2D eigenvalue weighted by molar-refractivity contribution is 6.05. The molecule has 21 heavy (non-hydrogen) atoms. The van der Waals surface area contributed by atoms with Gasteiger partial charge >= 0.3 is 12.1 Å². The van der Waals surface area contributed by atoms with Crippen LogP contribution in [0.2, 0.25) is 0 Å². The Morgan fingerprint density at radius 3 is 2.71 bits per heavy atom. The first-order valence-corrected chi connectivity index (χ1v) is 6.85. The minimum atomic E-state index is -0.421. The number of fused-ring (bicyclic) bond motifs is 3. The minimum absolute atomic E-state index is 0.257. The number of H-pyrrole nitrogens is 1. The average Bonchev–Trinajstić information content (AvgIpc) is 2.72. The van der Waals surface area contributed by atoms with E-state index in [2.05, 4.69) is 15.6 Å². The maximum Gasteiger partial charge on any atom is 0.331 e. The molecule has 1 aliphatic heterocycles. The summed E-state index contributed by atoms with van der Waals surface area (Å²) in [6.07, 6.45) is 0. The van der Waals surface area contributed by atoms with Crippen molar-refractivity contribution in [2.45, 2.75) is 32.9 Å². The van der Waals surface area contributed by atoms with Crippen LogP contribution in [0.5, 0.6) is 0 Å². The number of carbonyl (C=O) groups is 2. The largest absolute Gasteiger partial charge is 0.341 e. The second-order valence-electron chi connectivity index (χ2n) is 6.22. The number of nitrogens with zero attached hydrogens (tertiary/aromatic N) is 1. The molecule has 1 aromatic carbocycles. The molecule has 2 aromatic rings. The number of carbonyl (C=O) groups excluding carboxylic acids is 2. The number of hydrogen-bond acceptors (Lipinski definition) is 2. The maximum absolute atomic E-state index is 12.2. The fraction of sp³-hybridized carbons (Fsp3) is 0.333. The molecule has 0 aliphatic carbocycles. The van der Waals surface area contributed by atoms with Crippen molar-refractivity contribution < 1.29 is 9.59 Å². The van der Waals surface area contributed by atoms with Crippen molar-refractivity contribution in [2.75, 3.05) is 5.32 Å². The van der Waals surface area contributed by atoms with E-state index in [1.165, 1.54) is 4.90 Å². The second kappa shape index (κ2) is 4.51. The van der Waals surface area contributed by atoms with Gasteiger partial charge in [-0.15, -0.1) is 0 Å². The number of benzene rings is 1. The van der Waals surface area contributed by atoms with E-state index in [4.69, 9.17) is 0 Å². The quantitative estimate of drug-likeness (QED) is 0.696. The van der Waals surface area contributed by atoms with Gasteiger partial charge in [0.1, 0.15) is 5.82 Å². The Balaban J connectivity index is 1.94. The highest BCUT2D eigenvalue weighted by atomic mass is 16.2. The van der Waals surface area contributed by atoms with E-state index < -0.39 is 17.6 Å². The number of urea groups is 2. The summed E-state index contributed by atoms with van der Waals surface area (Å²) in [7, 11) is 0. The van der Waals surface area contributed by atoms with Gasteiger partial charge in [0.2, 0.25) is 0 Å². The normalized spacial score (nSPS) is 14.8. The van der Waals surface area contributed by atoms with Crippen LogP contribution in [0.25, 0.3) is 10.9 Å². The van der Waals surface area contributed by atoms with Gasteiger partial charge in [-0.2, -0.15) is 0 Å². The predicted molar refractivity (Wildman–Crippen MR) is 81.1 cm³/mol. The van der Waals surface area contributed by atoms with Crippen molar-refractivity contribution in [3.05, 3.63) is 29.8 Å². The molecule has 110 valence electrons. The molecule has 2 heterocycles. The standard InChI is InChI=1S/C15H18N4O2/c1-15(2,3)18-14(21)19-8-10-9-6-4-5-7-11(9)16-12(10)17-13(19)20/h4-7,16H,8H2,1-3H3,(H,17,20)(H,18,21). The zero-order valence-electron chi connectivity index (χ0n) is 12.3. The summed E-state index contributed by atoms with van der Waals surface area (Å²) in [6, 6.07) is 6.97. The molecule has 1 aliphatic rings. The number of imide groups is 1. The highest BCUT2D eigenvalue weighted by Gasteiger charge is 2.31. The van der Waals surface area contributed by atoms with Crippen LogP contribution >= 0.6 is 0 Å². The zero-order chi connectivity index (χ0) is 15.2. The zero-order valence-corrected chi connectivity index (χ0v) is 12.3. The minimum Gasteiger partial charge on any atom is -0.341 e. The molecule has 1 aromatic heterocycles. The Morgan fingerprint density at radius 2 is 2.00 bits per heavy atom. The van der Waals surface area contributed by atoms with Crippen LogP contribution in [-0.2, 0) is 6.54 Å². The summed E-state index contributed by atoms with van der Waals surface area (Å²) < 4.78 is 0. The number of anilines is 1. The van der Waals surface area contributed by atoms with Gasteiger partial charge in [0.25, 0.3) is 0 Å². The van der Waals surface area contributed by atoms with Crippen LogP contribution in [0, 0.1) is 0 Å². The number of aromatic nitrogens is 1. The lowest BCUT2D eigenvalue weighted by Gasteiger charge is -2.29. The Morgan fingerprint density at radius 1 is 1.29 bits per heavy atom. The van der Waals surface area contributed by atoms with Crippen molar-refractivity contribution in [3.8, 4) is 0 Å². The Labute approximate surface area is 122 Å². The average molecular weight is 286 g/mol. The van der Waals surface area contributed by atoms with Crippen LogP contribution in [0.4, 0.5) is 15.4 Å². The third-order valence-corrected chi connectivity index (χ3v) is 3.33. The Kier molecular flexibility index (Phi) is 2.90. The van der Waals surface area contributed by atoms with Gasteiger partial charge in [-0.3, -0.25) is 5.32 Å². The van der Waals surface area contributed by atoms with Crippen LogP contribution < -0.4 is 10.6 Å². The summed E-state index contributed by atoms with van der Waals surface area (Å²) in [6.45, 7) is 5.89. The van der Waals surface area contributed by atoms with Gasteiger partial charge in [0, 0.05) is 22.0 Å². The number of para-hydroxylation sites is 1. The highest BCUT2D eigenvalue weighted by Crippen LogP contribution is 2.30. The maximum atomic E-state index is 12.2. The van der Waals surface area contributed by atoms with E-state index in [0.29, 0.717) is 5.82 Å². The van der Waals surface area contributed by atoms with E-state index in [1.54, 1.807) is 0 Å². The number of hydrogen-bond donors (Lipinski definition) is 3. The Bertz CT molecular complexity index is 727. The monoisotopic (exact) mass is 286 g/mol. The first-order chi connectivity index (χ1) is 9.85. The number of rotatable bonds is 0. The fourth-order valence-electron chi connectivity index (χ4n) is 2.43. The predicted octanol–water partition coefficient (Wildman–Crippen LogP) is 3.02. The lowest BCUT2D eigenvalue weighted by atomic mass is 10.1. The van der Waals surface area contributed by atoms with Gasteiger partial charge in [-0.1, -0.05) is 18.2 Å². The summed E-state index contributed by atoms with van der Waals surface area (Å²) in [5.74, 6) is 0.668. The topological polar surface area (TPSA) is 77.2 Å². The third kappa shape index (κ3) is 2.44. The molecule has 0 atom stereocenters. The van der Waals surface area contributed by atoms with Gasteiger partial charge in [0.05, 0.1) is 6.54 Å². The van der Waals surface area contributed by atoms with Gasteiger partial charge in [0.15, 0.2) is 0 Å². The van der Waals surface area contributed by atoms with Crippen molar-refractivity contribution in [2.24, 2.45) is 0 Å². The molecule has 0 radical (unpaired) electrons. The van der Waals surface area contributed by atoms with Gasteiger partial charge < -0.3 is 10.3 Å². The van der Waals surface area contributed by atoms with E-state index in [-0.39, 0.29) is 6.54 Å². The van der Waals surface area contributed by atoms with E-state index in [0.717, 1.165) is 16.5 Å². The summed E-state index contributed by atoms with van der Waals surface area (Å²) >= 11 is 0. The molecular weight excluding hydrogens is 268 g/mol. The van der Waals surface area contributed by atoms with Crippen LogP contribution in [-0.4, -0.2) is 27.5 Å². The van der Waals surface area contributed by atoms with Crippen LogP contribution in [0.3, 0.4) is 0 Å². The molecule has 0 bridgehead atoms. The smallest absolute Gasteiger partial charge is 0.331 e. The Hall–Kier alpha value is -2.50. The van der Waals surface area contributed by atoms with E-state index in [9.17, 15) is 9.59 Å². The summed E-state index contributed by atoms with van der Waals surface area (Å²) in [4.78, 5) is 28.7. The fourth-order valence-corrected chi connectivity index (χ4v) is 2.43.